The van der Waals surface area contributed by atoms with Crippen molar-refractivity contribution in [2.24, 2.45) is 23.7 Å². The van der Waals surface area contributed by atoms with Gasteiger partial charge in [-0.15, -0.1) is 0 Å². The van der Waals surface area contributed by atoms with Crippen LogP contribution in [0.4, 0.5) is 0 Å². The van der Waals surface area contributed by atoms with Gasteiger partial charge in [0.1, 0.15) is 0 Å². The lowest BCUT2D eigenvalue weighted by atomic mass is 9.73. The average Bonchev–Trinajstić information content (AvgIpc) is 2.81. The Bertz CT molecular complexity index is 247. The van der Waals surface area contributed by atoms with Gasteiger partial charge in [0, 0.05) is 18.7 Å². The van der Waals surface area contributed by atoms with Crippen molar-refractivity contribution in [3.8, 4) is 0 Å². The second-order valence-electron chi connectivity index (χ2n) is 7.01. The molecule has 1 saturated heterocycles. The number of hydrogen-bond donors (Lipinski definition) is 1. The summed E-state index contributed by atoms with van der Waals surface area (Å²) in [5.41, 5.74) is 0. The van der Waals surface area contributed by atoms with E-state index < -0.39 is 0 Å². The van der Waals surface area contributed by atoms with Crippen LogP contribution in [-0.4, -0.2) is 25.3 Å². The van der Waals surface area contributed by atoms with E-state index >= 15 is 0 Å². The first kappa shape index (κ1) is 14.3. The molecule has 0 amide bonds. The zero-order chi connectivity index (χ0) is 13.1. The highest BCUT2D eigenvalue weighted by Crippen LogP contribution is 2.34. The lowest BCUT2D eigenvalue weighted by molar-refractivity contribution is 0.140. The molecule has 5 atom stereocenters. The molecule has 1 heterocycles. The molecule has 2 fully saturated rings. The minimum absolute atomic E-state index is 0.615. The Hall–Kier alpha value is -0.0800. The van der Waals surface area contributed by atoms with Crippen molar-refractivity contribution in [1.82, 2.24) is 5.32 Å². The average molecular weight is 253 g/mol. The zero-order valence-electron chi connectivity index (χ0n) is 12.6. The Morgan fingerprint density at radius 1 is 1.11 bits per heavy atom. The second kappa shape index (κ2) is 6.38. The molecule has 1 saturated carbocycles. The van der Waals surface area contributed by atoms with Crippen LogP contribution >= 0.6 is 0 Å². The number of hydrogen-bond acceptors (Lipinski definition) is 2. The third kappa shape index (κ3) is 3.48. The van der Waals surface area contributed by atoms with E-state index in [1.807, 2.05) is 0 Å². The van der Waals surface area contributed by atoms with Gasteiger partial charge in [0.25, 0.3) is 0 Å². The first-order valence-corrected chi connectivity index (χ1v) is 7.91. The van der Waals surface area contributed by atoms with Crippen LogP contribution in [0.3, 0.4) is 0 Å². The van der Waals surface area contributed by atoms with Crippen molar-refractivity contribution in [1.29, 1.82) is 0 Å². The van der Waals surface area contributed by atoms with Crippen LogP contribution in [0.15, 0.2) is 0 Å². The molecule has 2 aliphatic rings. The van der Waals surface area contributed by atoms with Gasteiger partial charge in [-0.1, -0.05) is 27.2 Å². The first-order chi connectivity index (χ1) is 8.58. The Labute approximate surface area is 113 Å². The van der Waals surface area contributed by atoms with Crippen molar-refractivity contribution >= 4 is 0 Å². The third-order valence-electron chi connectivity index (χ3n) is 5.17. The Morgan fingerprint density at radius 3 is 2.50 bits per heavy atom. The second-order valence-corrected chi connectivity index (χ2v) is 7.01. The molecule has 1 N–H and O–H groups in total. The van der Waals surface area contributed by atoms with Crippen molar-refractivity contribution < 1.29 is 4.74 Å². The Morgan fingerprint density at radius 2 is 1.89 bits per heavy atom. The molecule has 1 aliphatic heterocycles. The van der Waals surface area contributed by atoms with Crippen LogP contribution in [-0.2, 0) is 4.74 Å². The molecule has 1 aliphatic carbocycles. The predicted octanol–water partition coefficient (Wildman–Crippen LogP) is 3.46. The summed E-state index contributed by atoms with van der Waals surface area (Å²) in [5.74, 6) is 3.30. The smallest absolute Gasteiger partial charge is 0.0509 e. The van der Waals surface area contributed by atoms with Gasteiger partial charge in [0.2, 0.25) is 0 Å². The monoisotopic (exact) mass is 253 g/mol. The van der Waals surface area contributed by atoms with Gasteiger partial charge in [0.15, 0.2) is 0 Å². The largest absolute Gasteiger partial charge is 0.381 e. The lowest BCUT2D eigenvalue weighted by Crippen LogP contribution is -2.48. The molecular formula is C16H31NO. The molecule has 0 aromatic rings. The fourth-order valence-corrected chi connectivity index (χ4v) is 3.81. The molecule has 0 spiro atoms. The van der Waals surface area contributed by atoms with E-state index in [9.17, 15) is 0 Å². The lowest BCUT2D eigenvalue weighted by Gasteiger charge is -2.40. The van der Waals surface area contributed by atoms with Crippen LogP contribution in [0.5, 0.6) is 0 Å². The van der Waals surface area contributed by atoms with Gasteiger partial charge in [-0.2, -0.15) is 0 Å². The highest BCUT2D eigenvalue weighted by Gasteiger charge is 2.33. The molecule has 5 unspecified atom stereocenters. The predicted molar refractivity (Wildman–Crippen MR) is 76.7 cm³/mol. The molecule has 18 heavy (non-hydrogen) atoms. The molecule has 0 bridgehead atoms. The molecule has 0 aromatic carbocycles. The van der Waals surface area contributed by atoms with Crippen LogP contribution in [0, 0.1) is 23.7 Å². The topological polar surface area (TPSA) is 21.3 Å². The van der Waals surface area contributed by atoms with E-state index in [0.29, 0.717) is 6.04 Å². The summed E-state index contributed by atoms with van der Waals surface area (Å²) in [5, 5.41) is 3.94. The van der Waals surface area contributed by atoms with E-state index in [-0.39, 0.29) is 0 Å². The van der Waals surface area contributed by atoms with E-state index in [4.69, 9.17) is 4.74 Å². The van der Waals surface area contributed by atoms with Crippen LogP contribution in [0.1, 0.15) is 53.4 Å². The van der Waals surface area contributed by atoms with Crippen LogP contribution in [0.25, 0.3) is 0 Å². The minimum Gasteiger partial charge on any atom is -0.381 e. The Balaban J connectivity index is 1.90. The zero-order valence-corrected chi connectivity index (χ0v) is 12.6. The highest BCUT2D eigenvalue weighted by atomic mass is 16.5. The fourth-order valence-electron chi connectivity index (χ4n) is 3.81. The normalized spacial score (nSPS) is 39.2. The number of rotatable bonds is 4. The molecule has 2 rings (SSSR count). The van der Waals surface area contributed by atoms with Crippen molar-refractivity contribution in [3.63, 3.8) is 0 Å². The molecular weight excluding hydrogens is 222 g/mol. The van der Waals surface area contributed by atoms with Gasteiger partial charge in [-0.25, -0.2) is 0 Å². The number of nitrogens with one attached hydrogen (secondary N) is 1. The maximum absolute atomic E-state index is 5.52. The summed E-state index contributed by atoms with van der Waals surface area (Å²) in [6, 6.07) is 1.34. The van der Waals surface area contributed by atoms with Gasteiger partial charge in [0.05, 0.1) is 6.61 Å². The Kier molecular flexibility index (Phi) is 5.08. The highest BCUT2D eigenvalue weighted by molar-refractivity contribution is 4.88. The molecule has 2 nitrogen and oxygen atoms in total. The van der Waals surface area contributed by atoms with E-state index in [1.165, 1.54) is 25.7 Å². The maximum Gasteiger partial charge on any atom is 0.0509 e. The standard InChI is InChI=1S/C16H31NO/c1-11(2)15-6-5-12(3)9-16(15)17-13(4)14-7-8-18-10-14/h11-17H,5-10H2,1-4H3. The summed E-state index contributed by atoms with van der Waals surface area (Å²) in [6.45, 7) is 11.5. The van der Waals surface area contributed by atoms with Crippen molar-refractivity contribution in [3.05, 3.63) is 0 Å². The maximum atomic E-state index is 5.52. The quantitative estimate of drug-likeness (QED) is 0.828. The van der Waals surface area contributed by atoms with E-state index in [0.717, 1.165) is 42.9 Å². The van der Waals surface area contributed by atoms with E-state index in [2.05, 4.69) is 33.0 Å². The molecule has 2 heteroatoms. The molecule has 0 radical (unpaired) electrons. The van der Waals surface area contributed by atoms with Crippen LogP contribution in [0.2, 0.25) is 0 Å². The molecule has 106 valence electrons. The summed E-state index contributed by atoms with van der Waals surface area (Å²) in [6.07, 6.45) is 5.43. The summed E-state index contributed by atoms with van der Waals surface area (Å²) in [4.78, 5) is 0. The summed E-state index contributed by atoms with van der Waals surface area (Å²) >= 11 is 0. The van der Waals surface area contributed by atoms with Crippen molar-refractivity contribution in [2.75, 3.05) is 13.2 Å². The van der Waals surface area contributed by atoms with E-state index in [1.54, 1.807) is 0 Å². The third-order valence-corrected chi connectivity index (χ3v) is 5.17. The summed E-state index contributed by atoms with van der Waals surface area (Å²) in [7, 11) is 0. The SMILES string of the molecule is CC1CCC(C(C)C)C(NC(C)C2CCOC2)C1. The molecule has 0 aromatic heterocycles. The van der Waals surface area contributed by atoms with Crippen LogP contribution < -0.4 is 5.32 Å². The fraction of sp³-hybridized carbons (Fsp3) is 1.00. The van der Waals surface area contributed by atoms with Gasteiger partial charge in [-0.05, 0) is 49.9 Å². The number of ether oxygens (including phenoxy) is 1. The minimum atomic E-state index is 0.615. The van der Waals surface area contributed by atoms with Gasteiger partial charge < -0.3 is 10.1 Å². The first-order valence-electron chi connectivity index (χ1n) is 7.91. The van der Waals surface area contributed by atoms with Gasteiger partial charge >= 0.3 is 0 Å². The summed E-state index contributed by atoms with van der Waals surface area (Å²) < 4.78 is 5.52. The van der Waals surface area contributed by atoms with Crippen molar-refractivity contribution in [2.45, 2.75) is 65.5 Å². The van der Waals surface area contributed by atoms with Gasteiger partial charge in [-0.3, -0.25) is 0 Å².